The Hall–Kier alpha value is -1.06. The summed E-state index contributed by atoms with van der Waals surface area (Å²) in [6.45, 7) is 6.10. The first-order chi connectivity index (χ1) is 12.2. The van der Waals surface area contributed by atoms with E-state index < -0.39 is 0 Å². The molecule has 3 heteroatoms. The molecule has 0 aromatic heterocycles. The van der Waals surface area contributed by atoms with E-state index in [0.29, 0.717) is 0 Å². The molecule has 1 N–H and O–H groups in total. The fraction of sp³-hybridized carbons (Fsp3) is 0.727. The molecule has 5 rings (SSSR count). The van der Waals surface area contributed by atoms with Gasteiger partial charge < -0.3 is 14.7 Å². The molecule has 0 amide bonds. The second kappa shape index (κ2) is 5.99. The minimum Gasteiger partial charge on any atom is -0.393 e. The standard InChI is InChI=1S/C22H31NO2/c1-22-9-8-18-17-5-3-16(23-10-12-25-13-11-23)14-15(17)2-4-19(18)20(22)6-7-21(22)24/h3,5,14,18-21,24H,2,4,6-13H2,1H3/t18-,19-,20+,21+,22+/m0/s1. The van der Waals surface area contributed by atoms with Crippen molar-refractivity contribution < 1.29 is 9.84 Å². The van der Waals surface area contributed by atoms with E-state index in [1.54, 1.807) is 11.1 Å². The molecule has 3 fully saturated rings. The Bertz CT molecular complexity index is 653. The maximum absolute atomic E-state index is 10.5. The lowest BCUT2D eigenvalue weighted by Crippen LogP contribution is -2.44. The molecule has 3 aliphatic carbocycles. The zero-order valence-electron chi connectivity index (χ0n) is 15.4. The molecule has 0 bridgehead atoms. The summed E-state index contributed by atoms with van der Waals surface area (Å²) in [6.07, 6.45) is 7.19. The van der Waals surface area contributed by atoms with Gasteiger partial charge in [-0.1, -0.05) is 13.0 Å². The Morgan fingerprint density at radius 1 is 1.12 bits per heavy atom. The van der Waals surface area contributed by atoms with E-state index in [9.17, 15) is 5.11 Å². The normalized spacial score (nSPS) is 40.3. The summed E-state index contributed by atoms with van der Waals surface area (Å²) >= 11 is 0. The summed E-state index contributed by atoms with van der Waals surface area (Å²) in [5.74, 6) is 2.25. The number of morpholine rings is 1. The van der Waals surface area contributed by atoms with E-state index in [0.717, 1.165) is 50.5 Å². The summed E-state index contributed by atoms with van der Waals surface area (Å²) in [7, 11) is 0. The molecule has 0 unspecified atom stereocenters. The van der Waals surface area contributed by atoms with Crippen LogP contribution in [0.5, 0.6) is 0 Å². The van der Waals surface area contributed by atoms with Crippen molar-refractivity contribution in [2.24, 2.45) is 17.3 Å². The van der Waals surface area contributed by atoms with Gasteiger partial charge in [0.25, 0.3) is 0 Å². The fourth-order valence-electron chi connectivity index (χ4n) is 6.56. The molecule has 1 aliphatic heterocycles. The number of rotatable bonds is 1. The van der Waals surface area contributed by atoms with Crippen molar-refractivity contribution >= 4 is 5.69 Å². The number of aliphatic hydroxyl groups excluding tert-OH is 1. The number of benzene rings is 1. The van der Waals surface area contributed by atoms with Gasteiger partial charge in [0.05, 0.1) is 19.3 Å². The van der Waals surface area contributed by atoms with Crippen LogP contribution >= 0.6 is 0 Å². The van der Waals surface area contributed by atoms with Crippen molar-refractivity contribution in [3.63, 3.8) is 0 Å². The topological polar surface area (TPSA) is 32.7 Å². The average Bonchev–Trinajstić information content (AvgIpc) is 2.97. The van der Waals surface area contributed by atoms with Gasteiger partial charge in [-0.3, -0.25) is 0 Å². The van der Waals surface area contributed by atoms with Gasteiger partial charge in [-0.05, 0) is 85.0 Å². The van der Waals surface area contributed by atoms with Crippen LogP contribution in [-0.4, -0.2) is 37.5 Å². The number of nitrogens with zero attached hydrogens (tertiary/aromatic N) is 1. The average molecular weight is 341 g/mol. The highest BCUT2D eigenvalue weighted by atomic mass is 16.5. The van der Waals surface area contributed by atoms with Crippen molar-refractivity contribution in [2.75, 3.05) is 31.2 Å². The maximum Gasteiger partial charge on any atom is 0.0642 e. The van der Waals surface area contributed by atoms with Crippen LogP contribution in [0.15, 0.2) is 18.2 Å². The first-order valence-corrected chi connectivity index (χ1v) is 10.3. The largest absolute Gasteiger partial charge is 0.393 e. The maximum atomic E-state index is 10.5. The van der Waals surface area contributed by atoms with E-state index in [1.165, 1.54) is 37.8 Å². The molecule has 136 valence electrons. The lowest BCUT2D eigenvalue weighted by molar-refractivity contribution is -0.0226. The van der Waals surface area contributed by atoms with Crippen LogP contribution < -0.4 is 4.90 Å². The molecular weight excluding hydrogens is 310 g/mol. The molecule has 5 atom stereocenters. The molecular formula is C22H31NO2. The van der Waals surface area contributed by atoms with Crippen molar-refractivity contribution in [1.29, 1.82) is 0 Å². The van der Waals surface area contributed by atoms with Gasteiger partial charge in [0, 0.05) is 18.8 Å². The van der Waals surface area contributed by atoms with Crippen LogP contribution in [0, 0.1) is 17.3 Å². The number of hydrogen-bond donors (Lipinski definition) is 1. The molecule has 0 radical (unpaired) electrons. The van der Waals surface area contributed by atoms with Crippen LogP contribution in [0.3, 0.4) is 0 Å². The van der Waals surface area contributed by atoms with Crippen LogP contribution in [0.25, 0.3) is 0 Å². The highest BCUT2D eigenvalue weighted by Crippen LogP contribution is 2.60. The molecule has 0 spiro atoms. The zero-order valence-corrected chi connectivity index (χ0v) is 15.4. The number of aliphatic hydroxyl groups is 1. The predicted molar refractivity (Wildman–Crippen MR) is 100 cm³/mol. The highest BCUT2D eigenvalue weighted by Gasteiger charge is 2.54. The van der Waals surface area contributed by atoms with Gasteiger partial charge in [0.1, 0.15) is 0 Å². The third-order valence-corrected chi connectivity index (χ3v) is 8.04. The minimum atomic E-state index is -0.0662. The van der Waals surface area contributed by atoms with E-state index in [4.69, 9.17) is 4.74 Å². The molecule has 1 aromatic rings. The molecule has 1 heterocycles. The molecule has 2 saturated carbocycles. The van der Waals surface area contributed by atoms with Gasteiger partial charge >= 0.3 is 0 Å². The van der Waals surface area contributed by atoms with Gasteiger partial charge in [-0.25, -0.2) is 0 Å². The second-order valence-electron chi connectivity index (χ2n) is 9.04. The van der Waals surface area contributed by atoms with Crippen LogP contribution in [0.1, 0.15) is 56.1 Å². The Morgan fingerprint density at radius 3 is 2.80 bits per heavy atom. The lowest BCUT2D eigenvalue weighted by Gasteiger charge is -2.50. The van der Waals surface area contributed by atoms with Crippen LogP contribution in [-0.2, 0) is 11.2 Å². The number of anilines is 1. The van der Waals surface area contributed by atoms with Crippen molar-refractivity contribution in [1.82, 2.24) is 0 Å². The molecule has 4 aliphatic rings. The highest BCUT2D eigenvalue weighted by molar-refractivity contribution is 5.53. The first kappa shape index (κ1) is 16.1. The number of ether oxygens (including phenoxy) is 1. The van der Waals surface area contributed by atoms with Crippen molar-refractivity contribution in [3.05, 3.63) is 29.3 Å². The number of hydrogen-bond acceptors (Lipinski definition) is 3. The Morgan fingerprint density at radius 2 is 1.96 bits per heavy atom. The third-order valence-electron chi connectivity index (χ3n) is 8.04. The quantitative estimate of drug-likeness (QED) is 0.845. The van der Waals surface area contributed by atoms with Gasteiger partial charge in [0.2, 0.25) is 0 Å². The Labute approximate surface area is 151 Å². The number of aryl methyl sites for hydroxylation is 1. The summed E-state index contributed by atoms with van der Waals surface area (Å²) < 4.78 is 5.50. The van der Waals surface area contributed by atoms with E-state index in [-0.39, 0.29) is 11.5 Å². The smallest absolute Gasteiger partial charge is 0.0642 e. The van der Waals surface area contributed by atoms with Crippen LogP contribution in [0.4, 0.5) is 5.69 Å². The van der Waals surface area contributed by atoms with E-state index >= 15 is 0 Å². The molecule has 1 aromatic carbocycles. The van der Waals surface area contributed by atoms with E-state index in [1.807, 2.05) is 0 Å². The lowest BCUT2D eigenvalue weighted by atomic mass is 9.55. The minimum absolute atomic E-state index is 0.0662. The monoisotopic (exact) mass is 341 g/mol. The van der Waals surface area contributed by atoms with Crippen molar-refractivity contribution in [2.45, 2.75) is 57.5 Å². The first-order valence-electron chi connectivity index (χ1n) is 10.3. The zero-order chi connectivity index (χ0) is 17.0. The molecule has 1 saturated heterocycles. The summed E-state index contributed by atoms with van der Waals surface area (Å²) in [5, 5.41) is 10.5. The molecule has 25 heavy (non-hydrogen) atoms. The van der Waals surface area contributed by atoms with Gasteiger partial charge in [-0.15, -0.1) is 0 Å². The third kappa shape index (κ3) is 2.46. The van der Waals surface area contributed by atoms with Gasteiger partial charge in [-0.2, -0.15) is 0 Å². The van der Waals surface area contributed by atoms with E-state index in [2.05, 4.69) is 30.0 Å². The summed E-state index contributed by atoms with van der Waals surface area (Å²) in [4.78, 5) is 2.47. The molecule has 3 nitrogen and oxygen atoms in total. The van der Waals surface area contributed by atoms with Crippen molar-refractivity contribution in [3.8, 4) is 0 Å². The number of fused-ring (bicyclic) bond motifs is 5. The summed E-state index contributed by atoms with van der Waals surface area (Å²) in [6, 6.07) is 7.25. The predicted octanol–water partition coefficient (Wildman–Crippen LogP) is 3.74. The Balaban J connectivity index is 1.42. The Kier molecular flexibility index (Phi) is 3.87. The SMILES string of the molecule is C[C@@]12CC[C@H]3c4ccc(N5CCOCC5)cc4CC[C@@H]3[C@H]1CC[C@H]2O. The van der Waals surface area contributed by atoms with Crippen LogP contribution in [0.2, 0.25) is 0 Å². The second-order valence-corrected chi connectivity index (χ2v) is 9.04. The summed E-state index contributed by atoms with van der Waals surface area (Å²) in [5.41, 5.74) is 4.79. The van der Waals surface area contributed by atoms with Gasteiger partial charge in [0.15, 0.2) is 0 Å². The fourth-order valence-corrected chi connectivity index (χ4v) is 6.56.